The van der Waals surface area contributed by atoms with E-state index in [-0.39, 0.29) is 22.5 Å². The highest BCUT2D eigenvalue weighted by molar-refractivity contribution is 7.07. The van der Waals surface area contributed by atoms with E-state index in [0.29, 0.717) is 21.9 Å². The number of amides is 2. The number of carbonyl (C=O) groups is 2. The summed E-state index contributed by atoms with van der Waals surface area (Å²) in [6.45, 7) is 2.41. The summed E-state index contributed by atoms with van der Waals surface area (Å²) in [7, 11) is 0. The van der Waals surface area contributed by atoms with E-state index < -0.39 is 5.91 Å². The first kappa shape index (κ1) is 24.0. The summed E-state index contributed by atoms with van der Waals surface area (Å²) in [5.41, 5.74) is 2.81. The lowest BCUT2D eigenvalue weighted by Gasteiger charge is -2.15. The first-order valence-electron chi connectivity index (χ1n) is 10.5. The molecule has 0 aliphatic carbocycles. The number of hydrogen-bond acceptors (Lipinski definition) is 3. The highest BCUT2D eigenvalue weighted by atomic mass is 35.5. The predicted octanol–water partition coefficient (Wildman–Crippen LogP) is 6.14. The van der Waals surface area contributed by atoms with Crippen molar-refractivity contribution < 1.29 is 9.59 Å². The molecule has 4 rings (SSSR count). The number of rotatable bonds is 6. The average molecular weight is 510 g/mol. The van der Waals surface area contributed by atoms with Gasteiger partial charge in [0.25, 0.3) is 11.8 Å². The van der Waals surface area contributed by atoms with Gasteiger partial charge in [-0.25, -0.2) is 0 Å². The van der Waals surface area contributed by atoms with Crippen LogP contribution < -0.4 is 10.1 Å². The van der Waals surface area contributed by atoms with Crippen LogP contribution in [0.4, 0.5) is 0 Å². The normalized spacial score (nSPS) is 12.4. The molecular weight excluding hydrogens is 489 g/mol. The Morgan fingerprint density at radius 2 is 1.82 bits per heavy atom. The summed E-state index contributed by atoms with van der Waals surface area (Å²) in [5, 5.41) is 5.60. The molecule has 0 spiro atoms. The van der Waals surface area contributed by atoms with E-state index in [1.54, 1.807) is 18.2 Å². The summed E-state index contributed by atoms with van der Waals surface area (Å²) in [5.74, 6) is -0.591. The molecule has 0 fully saturated rings. The predicted molar refractivity (Wildman–Crippen MR) is 137 cm³/mol. The number of benzene rings is 3. The number of thiazole rings is 1. The Labute approximate surface area is 211 Å². The van der Waals surface area contributed by atoms with Crippen LogP contribution in [-0.2, 0) is 6.54 Å². The first-order valence-corrected chi connectivity index (χ1v) is 12.2. The van der Waals surface area contributed by atoms with E-state index in [1.807, 2.05) is 71.6 Å². The smallest absolute Gasteiger partial charge is 0.281 e. The lowest BCUT2D eigenvalue weighted by Crippen LogP contribution is -2.26. The maximum atomic E-state index is 12.8. The van der Waals surface area contributed by atoms with Crippen LogP contribution in [0.3, 0.4) is 0 Å². The Kier molecular flexibility index (Phi) is 7.63. The van der Waals surface area contributed by atoms with Gasteiger partial charge in [0.15, 0.2) is 4.80 Å². The topological polar surface area (TPSA) is 63.5 Å². The maximum Gasteiger partial charge on any atom is 0.281 e. The molecule has 2 amide bonds. The fourth-order valence-electron chi connectivity index (χ4n) is 3.43. The molecule has 1 atom stereocenters. The Balaban J connectivity index is 1.51. The van der Waals surface area contributed by atoms with Crippen molar-refractivity contribution in [3.63, 3.8) is 0 Å². The molecule has 0 saturated heterocycles. The van der Waals surface area contributed by atoms with Gasteiger partial charge in [0, 0.05) is 28.7 Å². The third-order valence-electron chi connectivity index (χ3n) is 5.21. The van der Waals surface area contributed by atoms with Crippen LogP contribution in [0.5, 0.6) is 0 Å². The fraction of sp³-hybridized carbons (Fsp3) is 0.115. The molecule has 0 aliphatic rings. The molecule has 4 aromatic rings. The number of halogens is 2. The van der Waals surface area contributed by atoms with Gasteiger partial charge in [-0.15, -0.1) is 11.3 Å². The van der Waals surface area contributed by atoms with Gasteiger partial charge in [-0.05, 0) is 48.4 Å². The number of aromatic nitrogens is 1. The Morgan fingerprint density at radius 1 is 1.03 bits per heavy atom. The van der Waals surface area contributed by atoms with Crippen LogP contribution >= 0.6 is 34.5 Å². The van der Waals surface area contributed by atoms with Crippen molar-refractivity contribution in [1.82, 2.24) is 9.88 Å². The molecule has 1 aromatic heterocycles. The van der Waals surface area contributed by atoms with Gasteiger partial charge in [-0.1, -0.05) is 65.7 Å². The van der Waals surface area contributed by atoms with Crippen LogP contribution in [0, 0.1) is 0 Å². The van der Waals surface area contributed by atoms with Crippen LogP contribution in [0.25, 0.3) is 0 Å². The van der Waals surface area contributed by atoms with Crippen molar-refractivity contribution in [2.45, 2.75) is 19.5 Å². The molecule has 34 heavy (non-hydrogen) atoms. The molecule has 3 aromatic carbocycles. The van der Waals surface area contributed by atoms with Gasteiger partial charge in [-0.3, -0.25) is 9.59 Å². The summed E-state index contributed by atoms with van der Waals surface area (Å²) >= 11 is 13.4. The third kappa shape index (κ3) is 5.83. The van der Waals surface area contributed by atoms with E-state index >= 15 is 0 Å². The second-order valence-electron chi connectivity index (χ2n) is 7.66. The van der Waals surface area contributed by atoms with Crippen molar-refractivity contribution in [1.29, 1.82) is 0 Å². The van der Waals surface area contributed by atoms with E-state index in [1.165, 1.54) is 17.4 Å². The number of carbonyl (C=O) groups excluding carboxylic acids is 2. The van der Waals surface area contributed by atoms with Gasteiger partial charge < -0.3 is 9.88 Å². The Hall–Kier alpha value is -3.19. The van der Waals surface area contributed by atoms with Gasteiger partial charge in [0.05, 0.1) is 16.6 Å². The minimum absolute atomic E-state index is 0.111. The monoisotopic (exact) mass is 509 g/mol. The molecule has 1 N–H and O–H groups in total. The van der Waals surface area contributed by atoms with E-state index in [4.69, 9.17) is 23.2 Å². The second kappa shape index (κ2) is 10.8. The van der Waals surface area contributed by atoms with E-state index in [0.717, 1.165) is 11.1 Å². The van der Waals surface area contributed by atoms with Crippen molar-refractivity contribution in [3.05, 3.63) is 121 Å². The quantitative estimate of drug-likeness (QED) is 0.339. The van der Waals surface area contributed by atoms with Gasteiger partial charge in [0.1, 0.15) is 0 Å². The number of nitrogens with zero attached hydrogens (tertiary/aromatic N) is 2. The standard InChI is InChI=1S/C26H21Cl2N3O2S/c1-17(19-7-3-2-4-8-19)29-24(32)20-9-5-6-18(14-20)16-31-12-13-34-26(31)30-25(33)22-11-10-21(27)15-23(22)28/h2-15,17H,16H2,1H3,(H,29,32)/t17-/m0/s1. The van der Waals surface area contributed by atoms with E-state index in [9.17, 15) is 9.59 Å². The molecule has 0 saturated carbocycles. The van der Waals surface area contributed by atoms with Gasteiger partial charge in [0.2, 0.25) is 0 Å². The molecule has 0 aliphatic heterocycles. The van der Waals surface area contributed by atoms with Crippen molar-refractivity contribution in [2.24, 2.45) is 4.99 Å². The number of hydrogen-bond donors (Lipinski definition) is 1. The van der Waals surface area contributed by atoms with Crippen molar-refractivity contribution in [2.75, 3.05) is 0 Å². The zero-order chi connectivity index (χ0) is 24.1. The minimum Gasteiger partial charge on any atom is -0.346 e. The Bertz CT molecular complexity index is 1400. The first-order chi connectivity index (χ1) is 16.4. The largest absolute Gasteiger partial charge is 0.346 e. The summed E-state index contributed by atoms with van der Waals surface area (Å²) < 4.78 is 1.86. The Morgan fingerprint density at radius 3 is 2.59 bits per heavy atom. The lowest BCUT2D eigenvalue weighted by molar-refractivity contribution is 0.0938. The van der Waals surface area contributed by atoms with Crippen molar-refractivity contribution in [3.8, 4) is 0 Å². The minimum atomic E-state index is -0.444. The van der Waals surface area contributed by atoms with Crippen LogP contribution in [0.15, 0.2) is 89.4 Å². The third-order valence-corrected chi connectivity index (χ3v) is 6.55. The molecule has 172 valence electrons. The lowest BCUT2D eigenvalue weighted by atomic mass is 10.1. The zero-order valence-corrected chi connectivity index (χ0v) is 20.6. The summed E-state index contributed by atoms with van der Waals surface area (Å²) in [4.78, 5) is 30.2. The molecule has 1 heterocycles. The van der Waals surface area contributed by atoms with Gasteiger partial charge >= 0.3 is 0 Å². The molecular formula is C26H21Cl2N3O2S. The summed E-state index contributed by atoms with van der Waals surface area (Å²) in [6.07, 6.45) is 1.85. The zero-order valence-electron chi connectivity index (χ0n) is 18.2. The molecule has 0 bridgehead atoms. The van der Waals surface area contributed by atoms with Gasteiger partial charge in [-0.2, -0.15) is 4.99 Å². The average Bonchev–Trinajstić information content (AvgIpc) is 3.25. The summed E-state index contributed by atoms with van der Waals surface area (Å²) in [6, 6.07) is 21.8. The molecule has 0 radical (unpaired) electrons. The highest BCUT2D eigenvalue weighted by Gasteiger charge is 2.13. The molecule has 8 heteroatoms. The van der Waals surface area contributed by atoms with Crippen LogP contribution in [0.2, 0.25) is 10.0 Å². The van der Waals surface area contributed by atoms with Crippen LogP contribution in [0.1, 0.15) is 44.8 Å². The maximum absolute atomic E-state index is 12.8. The fourth-order valence-corrected chi connectivity index (χ4v) is 4.65. The SMILES string of the molecule is C[C@H](NC(=O)c1cccc(Cn2ccsc2=NC(=O)c2ccc(Cl)cc2Cl)c1)c1ccccc1. The van der Waals surface area contributed by atoms with E-state index in [2.05, 4.69) is 10.3 Å². The molecule has 5 nitrogen and oxygen atoms in total. The second-order valence-corrected chi connectivity index (χ2v) is 9.38. The van der Waals surface area contributed by atoms with Crippen molar-refractivity contribution >= 4 is 46.4 Å². The van der Waals surface area contributed by atoms with Crippen LogP contribution in [-0.4, -0.2) is 16.4 Å². The molecule has 0 unspecified atom stereocenters. The number of nitrogens with one attached hydrogen (secondary N) is 1. The highest BCUT2D eigenvalue weighted by Crippen LogP contribution is 2.21.